The van der Waals surface area contributed by atoms with Crippen LogP contribution in [0.15, 0.2) is 18.2 Å². The molecule has 2 aliphatic carbocycles. The van der Waals surface area contributed by atoms with Crippen LogP contribution in [-0.2, 0) is 9.53 Å². The van der Waals surface area contributed by atoms with Crippen LogP contribution in [0.2, 0.25) is 0 Å². The Morgan fingerprint density at radius 1 is 1.23 bits per heavy atom. The number of nitrogens with zero attached hydrogens (tertiary/aromatic N) is 1. The molecule has 26 heavy (non-hydrogen) atoms. The summed E-state index contributed by atoms with van der Waals surface area (Å²) in [5.74, 6) is 0.719. The molecule has 1 heterocycles. The van der Waals surface area contributed by atoms with Gasteiger partial charge in [-0.05, 0) is 57.9 Å². The lowest BCUT2D eigenvalue weighted by atomic mass is 9.67. The van der Waals surface area contributed by atoms with E-state index in [0.29, 0.717) is 19.1 Å². The van der Waals surface area contributed by atoms with Crippen molar-refractivity contribution in [2.24, 2.45) is 5.92 Å². The van der Waals surface area contributed by atoms with Gasteiger partial charge in [0, 0.05) is 18.5 Å². The van der Waals surface area contributed by atoms with E-state index in [1.807, 2.05) is 6.92 Å². The molecule has 5 nitrogen and oxygen atoms in total. The topological polar surface area (TPSA) is 58.6 Å². The molecule has 1 spiro atoms. The second-order valence-corrected chi connectivity index (χ2v) is 8.42. The van der Waals surface area contributed by atoms with E-state index < -0.39 is 0 Å². The summed E-state index contributed by atoms with van der Waals surface area (Å²) >= 11 is 0. The van der Waals surface area contributed by atoms with E-state index in [1.54, 1.807) is 4.90 Å². The highest BCUT2D eigenvalue weighted by Gasteiger charge is 2.57. The smallest absolute Gasteiger partial charge is 0.410 e. The van der Waals surface area contributed by atoms with Gasteiger partial charge in [-0.2, -0.15) is 0 Å². The molecule has 0 bridgehead atoms. The van der Waals surface area contributed by atoms with Crippen LogP contribution in [0.25, 0.3) is 0 Å². The largest absolute Gasteiger partial charge is 0.447 e. The Balaban J connectivity index is 1.27. The first-order valence-electron chi connectivity index (χ1n) is 9.73. The predicted octanol–water partition coefficient (Wildman–Crippen LogP) is 3.29. The first kappa shape index (κ1) is 17.4. The molecule has 0 aromatic heterocycles. The van der Waals surface area contributed by atoms with Gasteiger partial charge in [-0.3, -0.25) is 9.69 Å². The molecule has 1 aromatic carbocycles. The summed E-state index contributed by atoms with van der Waals surface area (Å²) in [6.45, 7) is 7.31. The van der Waals surface area contributed by atoms with Crippen LogP contribution >= 0.6 is 0 Å². The standard InChI is InChI=1S/C21H28N2O3/c1-4-23-20(25)26-12-21(23)10-17(11-21)19(24)22-18-8-16(9-18)15-6-13(2)5-14(3)7-15/h5-7,16-18H,4,8-12H2,1-3H3,(H,22,24). The molecule has 1 saturated heterocycles. The van der Waals surface area contributed by atoms with Crippen LogP contribution in [0, 0.1) is 19.8 Å². The molecule has 5 heteroatoms. The number of hydrogen-bond acceptors (Lipinski definition) is 3. The highest BCUT2D eigenvalue weighted by molar-refractivity contribution is 5.81. The molecule has 2 saturated carbocycles. The number of benzene rings is 1. The molecule has 2 amide bonds. The Hall–Kier alpha value is -2.04. The number of hydrogen-bond donors (Lipinski definition) is 1. The van der Waals surface area contributed by atoms with Gasteiger partial charge in [-0.25, -0.2) is 4.79 Å². The van der Waals surface area contributed by atoms with Crippen molar-refractivity contribution in [1.29, 1.82) is 0 Å². The normalized spacial score (nSPS) is 32.8. The van der Waals surface area contributed by atoms with E-state index in [2.05, 4.69) is 37.4 Å². The van der Waals surface area contributed by atoms with Gasteiger partial charge >= 0.3 is 6.09 Å². The highest BCUT2D eigenvalue weighted by Crippen LogP contribution is 2.46. The van der Waals surface area contributed by atoms with E-state index in [4.69, 9.17) is 4.74 Å². The SMILES string of the molecule is CCN1C(=O)OCC12CC(C(=O)NC1CC(c3cc(C)cc(C)c3)C1)C2. The number of rotatable bonds is 4. The quantitative estimate of drug-likeness (QED) is 0.901. The van der Waals surface area contributed by atoms with Gasteiger partial charge in [0.15, 0.2) is 0 Å². The van der Waals surface area contributed by atoms with Crippen molar-refractivity contribution in [3.8, 4) is 0 Å². The van der Waals surface area contributed by atoms with Crippen molar-refractivity contribution in [2.45, 2.75) is 64.0 Å². The molecule has 3 aliphatic rings. The van der Waals surface area contributed by atoms with E-state index in [1.165, 1.54) is 16.7 Å². The van der Waals surface area contributed by atoms with E-state index >= 15 is 0 Å². The van der Waals surface area contributed by atoms with Gasteiger partial charge in [0.1, 0.15) is 6.61 Å². The maximum atomic E-state index is 12.5. The third-order valence-corrected chi connectivity index (χ3v) is 6.40. The maximum Gasteiger partial charge on any atom is 0.410 e. The van der Waals surface area contributed by atoms with Crippen molar-refractivity contribution in [2.75, 3.05) is 13.2 Å². The summed E-state index contributed by atoms with van der Waals surface area (Å²) in [4.78, 5) is 26.1. The Kier molecular flexibility index (Phi) is 4.20. The molecule has 140 valence electrons. The lowest BCUT2D eigenvalue weighted by Crippen LogP contribution is -2.60. The number of ether oxygens (including phenoxy) is 1. The Labute approximate surface area is 155 Å². The van der Waals surface area contributed by atoms with Crippen molar-refractivity contribution in [3.63, 3.8) is 0 Å². The molecule has 4 rings (SSSR count). The van der Waals surface area contributed by atoms with Crippen LogP contribution in [0.3, 0.4) is 0 Å². The molecule has 0 unspecified atom stereocenters. The minimum Gasteiger partial charge on any atom is -0.447 e. The fourth-order valence-corrected chi connectivity index (χ4v) is 4.96. The molecule has 1 aromatic rings. The zero-order valence-corrected chi connectivity index (χ0v) is 15.9. The minimum atomic E-state index is -0.235. The van der Waals surface area contributed by atoms with Crippen LogP contribution < -0.4 is 5.32 Å². The maximum absolute atomic E-state index is 12.5. The van der Waals surface area contributed by atoms with Crippen LogP contribution in [-0.4, -0.2) is 41.6 Å². The summed E-state index contributed by atoms with van der Waals surface area (Å²) in [5, 5.41) is 3.21. The summed E-state index contributed by atoms with van der Waals surface area (Å²) in [7, 11) is 0. The summed E-state index contributed by atoms with van der Waals surface area (Å²) in [6, 6.07) is 7.02. The van der Waals surface area contributed by atoms with Crippen LogP contribution in [0.5, 0.6) is 0 Å². The monoisotopic (exact) mass is 356 g/mol. The fourth-order valence-electron chi connectivity index (χ4n) is 4.96. The van der Waals surface area contributed by atoms with Crippen molar-refractivity contribution >= 4 is 12.0 Å². The second-order valence-electron chi connectivity index (χ2n) is 8.42. The number of aryl methyl sites for hydroxylation is 2. The molecular weight excluding hydrogens is 328 g/mol. The van der Waals surface area contributed by atoms with E-state index in [9.17, 15) is 9.59 Å². The van der Waals surface area contributed by atoms with E-state index in [-0.39, 0.29) is 29.5 Å². The number of cyclic esters (lactones) is 1. The highest BCUT2D eigenvalue weighted by atomic mass is 16.6. The van der Waals surface area contributed by atoms with Gasteiger partial charge in [-0.1, -0.05) is 29.3 Å². The van der Waals surface area contributed by atoms with Crippen molar-refractivity contribution in [1.82, 2.24) is 10.2 Å². The summed E-state index contributed by atoms with van der Waals surface area (Å²) in [5.41, 5.74) is 3.78. The lowest BCUT2D eigenvalue weighted by molar-refractivity contribution is -0.133. The lowest BCUT2D eigenvalue weighted by Gasteiger charge is -2.48. The molecule has 1 aliphatic heterocycles. The zero-order chi connectivity index (χ0) is 18.5. The van der Waals surface area contributed by atoms with Gasteiger partial charge in [-0.15, -0.1) is 0 Å². The second kappa shape index (κ2) is 6.29. The number of likely N-dealkylation sites (N-methyl/N-ethyl adjacent to an activating group) is 1. The van der Waals surface area contributed by atoms with Gasteiger partial charge < -0.3 is 10.1 Å². The molecule has 1 N–H and O–H groups in total. The Morgan fingerprint density at radius 3 is 2.50 bits per heavy atom. The average Bonchev–Trinajstić information content (AvgIpc) is 2.84. The predicted molar refractivity (Wildman–Crippen MR) is 99.0 cm³/mol. The Morgan fingerprint density at radius 2 is 1.88 bits per heavy atom. The number of carbonyl (C=O) groups is 2. The van der Waals surface area contributed by atoms with Gasteiger partial charge in [0.05, 0.1) is 5.54 Å². The molecule has 0 atom stereocenters. The zero-order valence-electron chi connectivity index (χ0n) is 15.9. The van der Waals surface area contributed by atoms with Crippen molar-refractivity contribution < 1.29 is 14.3 Å². The Bertz CT molecular complexity index is 713. The number of amides is 2. The van der Waals surface area contributed by atoms with Crippen molar-refractivity contribution in [3.05, 3.63) is 34.9 Å². The molecular formula is C21H28N2O3. The third-order valence-electron chi connectivity index (χ3n) is 6.40. The number of carbonyl (C=O) groups excluding carboxylic acids is 2. The first-order valence-corrected chi connectivity index (χ1v) is 9.73. The van der Waals surface area contributed by atoms with E-state index in [0.717, 1.165) is 25.7 Å². The van der Waals surface area contributed by atoms with Gasteiger partial charge in [0.2, 0.25) is 5.91 Å². The van der Waals surface area contributed by atoms with Gasteiger partial charge in [0.25, 0.3) is 0 Å². The fraction of sp³-hybridized carbons (Fsp3) is 0.619. The van der Waals surface area contributed by atoms with Crippen LogP contribution in [0.4, 0.5) is 4.79 Å². The third kappa shape index (κ3) is 2.87. The molecule has 0 radical (unpaired) electrons. The van der Waals surface area contributed by atoms with Crippen LogP contribution in [0.1, 0.15) is 55.2 Å². The summed E-state index contributed by atoms with van der Waals surface area (Å²) in [6.07, 6.45) is 3.27. The first-order chi connectivity index (χ1) is 12.4. The average molecular weight is 356 g/mol. The number of nitrogens with one attached hydrogen (secondary N) is 1. The molecule has 3 fully saturated rings. The minimum absolute atomic E-state index is 0.0128. The summed E-state index contributed by atoms with van der Waals surface area (Å²) < 4.78 is 5.19.